The summed E-state index contributed by atoms with van der Waals surface area (Å²) in [6.07, 6.45) is 0.425. The van der Waals surface area contributed by atoms with Crippen molar-refractivity contribution in [2.24, 2.45) is 5.92 Å². The Morgan fingerprint density at radius 1 is 1.29 bits per heavy atom. The van der Waals surface area contributed by atoms with Gasteiger partial charge in [0, 0.05) is 32.2 Å². The van der Waals surface area contributed by atoms with Crippen molar-refractivity contribution in [1.82, 2.24) is 20.4 Å². The van der Waals surface area contributed by atoms with Crippen LogP contribution in [0, 0.1) is 5.92 Å². The first kappa shape index (κ1) is 17.7. The number of hydrogen-bond acceptors (Lipinski definition) is 4. The first-order valence-corrected chi connectivity index (χ1v) is 7.45. The highest BCUT2D eigenvalue weighted by atomic mass is 16.4. The van der Waals surface area contributed by atoms with E-state index in [1.165, 1.54) is 0 Å². The number of urea groups is 1. The van der Waals surface area contributed by atoms with Crippen LogP contribution in [0.3, 0.4) is 0 Å². The highest BCUT2D eigenvalue weighted by Crippen LogP contribution is 2.06. The zero-order valence-corrected chi connectivity index (χ0v) is 13.4. The molecule has 7 nitrogen and oxygen atoms in total. The van der Waals surface area contributed by atoms with Crippen LogP contribution in [0.1, 0.15) is 20.3 Å². The summed E-state index contributed by atoms with van der Waals surface area (Å²) in [5.41, 5.74) is 0. The average molecular weight is 300 g/mol. The van der Waals surface area contributed by atoms with Gasteiger partial charge in [-0.15, -0.1) is 0 Å². The van der Waals surface area contributed by atoms with Crippen LogP contribution in [0.25, 0.3) is 0 Å². The van der Waals surface area contributed by atoms with Crippen LogP contribution in [0.2, 0.25) is 0 Å². The molecule has 1 aliphatic heterocycles. The van der Waals surface area contributed by atoms with E-state index in [-0.39, 0.29) is 12.0 Å². The van der Waals surface area contributed by atoms with Crippen molar-refractivity contribution in [3.05, 3.63) is 0 Å². The second kappa shape index (κ2) is 8.19. The Hall–Kier alpha value is -1.34. The number of aliphatic carboxylic acids is 1. The van der Waals surface area contributed by atoms with Gasteiger partial charge in [0.2, 0.25) is 0 Å². The molecule has 1 unspecified atom stereocenters. The number of piperazine rings is 1. The minimum absolute atomic E-state index is 0.213. The van der Waals surface area contributed by atoms with E-state index in [9.17, 15) is 9.59 Å². The summed E-state index contributed by atoms with van der Waals surface area (Å²) in [5.74, 6) is -0.780. The quantitative estimate of drug-likeness (QED) is 0.644. The van der Waals surface area contributed by atoms with Crippen LogP contribution in [-0.2, 0) is 4.79 Å². The molecule has 2 amide bonds. The minimum atomic E-state index is -0.992. The highest BCUT2D eigenvalue weighted by molar-refractivity contribution is 5.82. The van der Waals surface area contributed by atoms with Crippen molar-refractivity contribution in [2.75, 3.05) is 40.3 Å². The van der Waals surface area contributed by atoms with Gasteiger partial charge >= 0.3 is 12.0 Å². The summed E-state index contributed by atoms with van der Waals surface area (Å²) in [6.45, 7) is 7.26. The van der Waals surface area contributed by atoms with Gasteiger partial charge in [-0.05, 0) is 26.4 Å². The van der Waals surface area contributed by atoms with Gasteiger partial charge in [-0.1, -0.05) is 13.8 Å². The van der Waals surface area contributed by atoms with E-state index < -0.39 is 18.0 Å². The third kappa shape index (κ3) is 6.31. The molecule has 1 heterocycles. The molecular weight excluding hydrogens is 272 g/mol. The maximum Gasteiger partial charge on any atom is 0.326 e. The lowest BCUT2D eigenvalue weighted by molar-refractivity contribution is -0.139. The molecule has 0 spiro atoms. The number of nitrogens with one attached hydrogen (secondary N) is 2. The van der Waals surface area contributed by atoms with Gasteiger partial charge in [-0.25, -0.2) is 9.59 Å². The maximum atomic E-state index is 11.9. The fourth-order valence-electron chi connectivity index (χ4n) is 2.43. The molecule has 1 saturated heterocycles. The fraction of sp³-hybridized carbons (Fsp3) is 0.857. The molecule has 0 radical (unpaired) electrons. The number of carbonyl (C=O) groups is 2. The normalized spacial score (nSPS) is 22.0. The molecule has 0 aliphatic carbocycles. The number of carboxylic acids is 1. The molecule has 0 aromatic rings. The number of hydrogen-bond donors (Lipinski definition) is 3. The van der Waals surface area contributed by atoms with Gasteiger partial charge in [0.25, 0.3) is 0 Å². The second-order valence-electron chi connectivity index (χ2n) is 6.27. The van der Waals surface area contributed by atoms with Crippen molar-refractivity contribution >= 4 is 12.0 Å². The van der Waals surface area contributed by atoms with Crippen molar-refractivity contribution in [3.63, 3.8) is 0 Å². The predicted molar refractivity (Wildman–Crippen MR) is 81.3 cm³/mol. The molecule has 0 aromatic carbocycles. The SMILES string of the molecule is CC(C)C[C@H](NC(=O)NCC1CN(C)CCN1C)C(=O)O. The summed E-state index contributed by atoms with van der Waals surface area (Å²) >= 11 is 0. The predicted octanol–water partition coefficient (Wildman–Crippen LogP) is 0.0307. The average Bonchev–Trinajstić information content (AvgIpc) is 2.38. The molecule has 21 heavy (non-hydrogen) atoms. The molecular formula is C14H28N4O3. The third-order valence-electron chi connectivity index (χ3n) is 3.79. The number of rotatable bonds is 6. The molecule has 0 bridgehead atoms. The fourth-order valence-corrected chi connectivity index (χ4v) is 2.43. The van der Waals surface area contributed by atoms with E-state index in [0.717, 1.165) is 19.6 Å². The van der Waals surface area contributed by atoms with E-state index in [0.29, 0.717) is 13.0 Å². The first-order valence-electron chi connectivity index (χ1n) is 7.45. The number of amides is 2. The molecule has 0 saturated carbocycles. The number of likely N-dealkylation sites (N-methyl/N-ethyl adjacent to an activating group) is 2. The molecule has 7 heteroatoms. The lowest BCUT2D eigenvalue weighted by Gasteiger charge is -2.37. The highest BCUT2D eigenvalue weighted by Gasteiger charge is 2.24. The third-order valence-corrected chi connectivity index (χ3v) is 3.79. The molecule has 1 aliphatic rings. The van der Waals surface area contributed by atoms with Gasteiger partial charge in [0.1, 0.15) is 6.04 Å². The standard InChI is InChI=1S/C14H28N4O3/c1-10(2)7-12(13(19)20)16-14(21)15-8-11-9-17(3)5-6-18(11)4/h10-12H,5-9H2,1-4H3,(H,19,20)(H2,15,16,21)/t11?,12-/m0/s1. The van der Waals surface area contributed by atoms with E-state index >= 15 is 0 Å². The molecule has 3 N–H and O–H groups in total. The zero-order chi connectivity index (χ0) is 16.0. The Morgan fingerprint density at radius 2 is 1.95 bits per heavy atom. The van der Waals surface area contributed by atoms with E-state index in [4.69, 9.17) is 5.11 Å². The smallest absolute Gasteiger partial charge is 0.326 e. The largest absolute Gasteiger partial charge is 0.480 e. The summed E-state index contributed by atoms with van der Waals surface area (Å²) < 4.78 is 0. The van der Waals surface area contributed by atoms with E-state index in [2.05, 4.69) is 27.5 Å². The van der Waals surface area contributed by atoms with Crippen LogP contribution >= 0.6 is 0 Å². The van der Waals surface area contributed by atoms with Crippen molar-refractivity contribution in [3.8, 4) is 0 Å². The monoisotopic (exact) mass is 300 g/mol. The Balaban J connectivity index is 2.40. The summed E-state index contributed by atoms with van der Waals surface area (Å²) in [4.78, 5) is 27.4. The van der Waals surface area contributed by atoms with Gasteiger partial charge in [0.05, 0.1) is 0 Å². The van der Waals surface area contributed by atoms with E-state index in [1.54, 1.807) is 0 Å². The number of nitrogens with zero attached hydrogens (tertiary/aromatic N) is 2. The lowest BCUT2D eigenvalue weighted by atomic mass is 10.0. The van der Waals surface area contributed by atoms with E-state index in [1.807, 2.05) is 20.9 Å². The van der Waals surface area contributed by atoms with Crippen molar-refractivity contribution < 1.29 is 14.7 Å². The van der Waals surface area contributed by atoms with Crippen LogP contribution in [0.4, 0.5) is 4.79 Å². The summed E-state index contributed by atoms with van der Waals surface area (Å²) in [5, 5.41) is 14.4. The van der Waals surface area contributed by atoms with Crippen molar-refractivity contribution in [2.45, 2.75) is 32.4 Å². The van der Waals surface area contributed by atoms with Gasteiger partial charge in [-0.3, -0.25) is 4.90 Å². The molecule has 122 valence electrons. The summed E-state index contributed by atoms with van der Waals surface area (Å²) in [6, 6.07) is -0.996. The number of carboxylic acid groups (broad SMARTS) is 1. The van der Waals surface area contributed by atoms with Crippen LogP contribution < -0.4 is 10.6 Å². The molecule has 2 atom stereocenters. The summed E-state index contributed by atoms with van der Waals surface area (Å²) in [7, 11) is 4.10. The Labute approximate surface area is 126 Å². The Kier molecular flexibility index (Phi) is 6.91. The van der Waals surface area contributed by atoms with Gasteiger partial charge in [-0.2, -0.15) is 0 Å². The Morgan fingerprint density at radius 3 is 2.52 bits per heavy atom. The first-order chi connectivity index (χ1) is 9.79. The number of carbonyl (C=O) groups excluding carboxylic acids is 1. The van der Waals surface area contributed by atoms with Crippen LogP contribution in [0.15, 0.2) is 0 Å². The second-order valence-corrected chi connectivity index (χ2v) is 6.27. The van der Waals surface area contributed by atoms with Gasteiger partial charge in [0.15, 0.2) is 0 Å². The maximum absolute atomic E-state index is 11.9. The molecule has 1 fully saturated rings. The van der Waals surface area contributed by atoms with Gasteiger partial charge < -0.3 is 20.6 Å². The van der Waals surface area contributed by atoms with Crippen LogP contribution in [0.5, 0.6) is 0 Å². The molecule has 0 aromatic heterocycles. The zero-order valence-electron chi connectivity index (χ0n) is 13.4. The minimum Gasteiger partial charge on any atom is -0.480 e. The van der Waals surface area contributed by atoms with Crippen LogP contribution in [-0.4, -0.2) is 79.3 Å². The van der Waals surface area contributed by atoms with Crippen molar-refractivity contribution in [1.29, 1.82) is 0 Å². The topological polar surface area (TPSA) is 84.9 Å². The molecule has 1 rings (SSSR count). The Bertz CT molecular complexity index is 362. The lowest BCUT2D eigenvalue weighted by Crippen LogP contribution is -2.56.